The summed E-state index contributed by atoms with van der Waals surface area (Å²) in [5.41, 5.74) is -1.50. The van der Waals surface area contributed by atoms with Crippen molar-refractivity contribution in [3.05, 3.63) is 29.1 Å². The van der Waals surface area contributed by atoms with E-state index in [1.165, 1.54) is 0 Å². The third-order valence-corrected chi connectivity index (χ3v) is 3.65. The van der Waals surface area contributed by atoms with Crippen LogP contribution in [0, 0.1) is 0 Å². The molecule has 2 heterocycles. The van der Waals surface area contributed by atoms with Crippen molar-refractivity contribution in [3.8, 4) is 11.5 Å². The van der Waals surface area contributed by atoms with Gasteiger partial charge in [-0.3, -0.25) is 4.57 Å². The van der Waals surface area contributed by atoms with Gasteiger partial charge in [0.15, 0.2) is 5.82 Å². The highest BCUT2D eigenvalue weighted by molar-refractivity contribution is 9.10. The highest BCUT2D eigenvalue weighted by Gasteiger charge is 2.65. The molecule has 1 aliphatic carbocycles. The van der Waals surface area contributed by atoms with Gasteiger partial charge >= 0.3 is 6.18 Å². The molecule has 0 spiro atoms. The molecule has 0 N–H and O–H groups in total. The van der Waals surface area contributed by atoms with Crippen LogP contribution >= 0.6 is 15.9 Å². The molecule has 0 amide bonds. The Kier molecular flexibility index (Phi) is 2.67. The Hall–Kier alpha value is -1.44. The highest BCUT2D eigenvalue weighted by Crippen LogP contribution is 2.56. The predicted octanol–water partition coefficient (Wildman–Crippen LogP) is 3.15. The molecule has 0 aromatic carbocycles. The third-order valence-electron chi connectivity index (χ3n) is 3.20. The van der Waals surface area contributed by atoms with Gasteiger partial charge in [0.2, 0.25) is 0 Å². The Morgan fingerprint density at radius 3 is 2.58 bits per heavy atom. The molecular formula is C11H8BrF3N4. The van der Waals surface area contributed by atoms with E-state index < -0.39 is 11.7 Å². The lowest BCUT2D eigenvalue weighted by molar-refractivity contribution is -0.179. The van der Waals surface area contributed by atoms with Crippen LogP contribution in [0.5, 0.6) is 0 Å². The van der Waals surface area contributed by atoms with E-state index in [-0.39, 0.29) is 18.7 Å². The van der Waals surface area contributed by atoms with Gasteiger partial charge in [0.1, 0.15) is 22.2 Å². The van der Waals surface area contributed by atoms with Gasteiger partial charge in [0, 0.05) is 0 Å². The highest BCUT2D eigenvalue weighted by atomic mass is 79.9. The number of nitrogens with zero attached hydrogens (tertiary/aromatic N) is 4. The standard InChI is InChI=1S/C11H8BrF3N4/c12-8-3-1-2-7(17-8)9-18-16-6-19(9)10(4-5-10)11(13,14)15/h1-3,6H,4-5H2. The lowest BCUT2D eigenvalue weighted by Gasteiger charge is -2.21. The quantitative estimate of drug-likeness (QED) is 0.793. The van der Waals surface area contributed by atoms with Gasteiger partial charge in [-0.25, -0.2) is 4.98 Å². The molecule has 0 bridgehead atoms. The number of pyridine rings is 1. The van der Waals surface area contributed by atoms with Crippen LogP contribution in [-0.4, -0.2) is 25.9 Å². The van der Waals surface area contributed by atoms with Crippen LogP contribution in [0.15, 0.2) is 29.1 Å². The van der Waals surface area contributed by atoms with Gasteiger partial charge in [-0.1, -0.05) is 6.07 Å². The monoisotopic (exact) mass is 332 g/mol. The molecule has 0 radical (unpaired) electrons. The van der Waals surface area contributed by atoms with E-state index in [9.17, 15) is 13.2 Å². The fourth-order valence-electron chi connectivity index (χ4n) is 2.04. The van der Waals surface area contributed by atoms with Crippen molar-refractivity contribution >= 4 is 15.9 Å². The molecule has 1 aliphatic rings. The van der Waals surface area contributed by atoms with Crippen molar-refractivity contribution in [1.82, 2.24) is 19.7 Å². The minimum atomic E-state index is -4.31. The van der Waals surface area contributed by atoms with Gasteiger partial charge in [0.25, 0.3) is 0 Å². The summed E-state index contributed by atoms with van der Waals surface area (Å²) in [7, 11) is 0. The Balaban J connectivity index is 2.10. The Morgan fingerprint density at radius 1 is 1.26 bits per heavy atom. The van der Waals surface area contributed by atoms with Gasteiger partial charge in [0.05, 0.1) is 0 Å². The number of halogens is 4. The molecule has 1 saturated carbocycles. The summed E-state index contributed by atoms with van der Waals surface area (Å²) in [5, 5.41) is 7.38. The molecule has 0 saturated heterocycles. The molecule has 0 unspecified atom stereocenters. The zero-order valence-electron chi connectivity index (χ0n) is 9.52. The van der Waals surface area contributed by atoms with Crippen molar-refractivity contribution in [2.75, 3.05) is 0 Å². The first kappa shape index (κ1) is 12.6. The van der Waals surface area contributed by atoms with Gasteiger partial charge in [-0.05, 0) is 40.9 Å². The fraction of sp³-hybridized carbons (Fsp3) is 0.364. The molecule has 1 fully saturated rings. The number of hydrogen-bond donors (Lipinski definition) is 0. The number of rotatable bonds is 2. The molecule has 0 atom stereocenters. The maximum atomic E-state index is 13.1. The fourth-order valence-corrected chi connectivity index (χ4v) is 2.38. The summed E-state index contributed by atoms with van der Waals surface area (Å²) in [6.45, 7) is 0. The predicted molar refractivity (Wildman–Crippen MR) is 64.2 cm³/mol. The second-order valence-electron chi connectivity index (χ2n) is 4.40. The average Bonchev–Trinajstić information content (AvgIpc) is 3.01. The maximum Gasteiger partial charge on any atom is 0.412 e. The lowest BCUT2D eigenvalue weighted by atomic mass is 10.2. The lowest BCUT2D eigenvalue weighted by Crippen LogP contribution is -2.35. The van der Waals surface area contributed by atoms with Crippen LogP contribution < -0.4 is 0 Å². The van der Waals surface area contributed by atoms with Gasteiger partial charge in [-0.2, -0.15) is 13.2 Å². The Morgan fingerprint density at radius 2 is 2.00 bits per heavy atom. The minimum absolute atomic E-state index is 0.0511. The second kappa shape index (κ2) is 4.03. The first-order valence-electron chi connectivity index (χ1n) is 5.54. The summed E-state index contributed by atoms with van der Waals surface area (Å²) in [6, 6.07) is 5.00. The second-order valence-corrected chi connectivity index (χ2v) is 5.21. The summed E-state index contributed by atoms with van der Waals surface area (Å²) in [6.07, 6.45) is -3.08. The molecule has 19 heavy (non-hydrogen) atoms. The zero-order valence-corrected chi connectivity index (χ0v) is 11.1. The van der Waals surface area contributed by atoms with Crippen LogP contribution in [0.25, 0.3) is 11.5 Å². The van der Waals surface area contributed by atoms with Crippen LogP contribution in [0.1, 0.15) is 12.8 Å². The first-order valence-corrected chi connectivity index (χ1v) is 6.33. The molecular weight excluding hydrogens is 325 g/mol. The zero-order chi connectivity index (χ0) is 13.7. The minimum Gasteiger partial charge on any atom is -0.297 e. The third kappa shape index (κ3) is 1.94. The van der Waals surface area contributed by atoms with Crippen molar-refractivity contribution in [2.45, 2.75) is 24.6 Å². The Labute approximate surface area is 114 Å². The first-order chi connectivity index (χ1) is 8.94. The van der Waals surface area contributed by atoms with Crippen molar-refractivity contribution in [1.29, 1.82) is 0 Å². The molecule has 3 rings (SSSR count). The van der Waals surface area contributed by atoms with Crippen molar-refractivity contribution < 1.29 is 13.2 Å². The smallest absolute Gasteiger partial charge is 0.297 e. The number of hydrogen-bond acceptors (Lipinski definition) is 3. The number of alkyl halides is 3. The molecule has 2 aromatic heterocycles. The summed E-state index contributed by atoms with van der Waals surface area (Å²) < 4.78 is 41.0. The van der Waals surface area contributed by atoms with Crippen LogP contribution in [-0.2, 0) is 5.54 Å². The van der Waals surface area contributed by atoms with E-state index in [1.807, 2.05) is 0 Å². The normalized spacial score (nSPS) is 17.5. The Bertz CT molecular complexity index is 618. The largest absolute Gasteiger partial charge is 0.412 e. The SMILES string of the molecule is FC(F)(F)C1(n2cnnc2-c2cccc(Br)n2)CC1. The summed E-state index contributed by atoms with van der Waals surface area (Å²) >= 11 is 3.19. The van der Waals surface area contributed by atoms with E-state index in [2.05, 4.69) is 31.1 Å². The van der Waals surface area contributed by atoms with E-state index >= 15 is 0 Å². The van der Waals surface area contributed by atoms with Crippen molar-refractivity contribution in [3.63, 3.8) is 0 Å². The van der Waals surface area contributed by atoms with Crippen molar-refractivity contribution in [2.24, 2.45) is 0 Å². The van der Waals surface area contributed by atoms with E-state index in [1.54, 1.807) is 18.2 Å². The molecule has 8 heteroatoms. The van der Waals surface area contributed by atoms with Gasteiger partial charge in [-0.15, -0.1) is 10.2 Å². The van der Waals surface area contributed by atoms with E-state index in [4.69, 9.17) is 0 Å². The molecule has 0 aliphatic heterocycles. The van der Waals surface area contributed by atoms with Crippen LogP contribution in [0.4, 0.5) is 13.2 Å². The van der Waals surface area contributed by atoms with Crippen LogP contribution in [0.3, 0.4) is 0 Å². The van der Waals surface area contributed by atoms with Crippen LogP contribution in [0.2, 0.25) is 0 Å². The van der Waals surface area contributed by atoms with E-state index in [0.717, 1.165) is 10.9 Å². The topological polar surface area (TPSA) is 43.6 Å². The maximum absolute atomic E-state index is 13.1. The number of aromatic nitrogens is 4. The van der Waals surface area contributed by atoms with E-state index in [0.29, 0.717) is 10.3 Å². The molecule has 4 nitrogen and oxygen atoms in total. The molecule has 2 aromatic rings. The van der Waals surface area contributed by atoms with Gasteiger partial charge < -0.3 is 0 Å². The average molecular weight is 333 g/mol. The molecule has 100 valence electrons. The summed E-state index contributed by atoms with van der Waals surface area (Å²) in [5.74, 6) is 0.135. The summed E-state index contributed by atoms with van der Waals surface area (Å²) in [4.78, 5) is 4.13.